The molecule has 32 heavy (non-hydrogen) atoms. The van der Waals surface area contributed by atoms with Crippen LogP contribution in [0.1, 0.15) is 49.8 Å². The van der Waals surface area contributed by atoms with E-state index in [4.69, 9.17) is 4.74 Å². The average molecular weight is 444 g/mol. The quantitative estimate of drug-likeness (QED) is 0.554. The van der Waals surface area contributed by atoms with Gasteiger partial charge in [-0.1, -0.05) is 18.2 Å². The summed E-state index contributed by atoms with van der Waals surface area (Å²) in [5, 5.41) is 0. The molecule has 170 valence electrons. The number of ether oxygens (including phenoxy) is 1. The van der Waals surface area contributed by atoms with Gasteiger partial charge in [-0.2, -0.15) is 13.2 Å². The van der Waals surface area contributed by atoms with Crippen LogP contribution in [-0.4, -0.2) is 42.3 Å². The van der Waals surface area contributed by atoms with Gasteiger partial charge in [0, 0.05) is 37.3 Å². The number of carbonyl (C=O) groups excluding carboxylic acids is 1. The first-order valence-electron chi connectivity index (χ1n) is 11.1. The van der Waals surface area contributed by atoms with Crippen molar-refractivity contribution >= 4 is 11.8 Å². The number of rotatable bonds is 1. The van der Waals surface area contributed by atoms with E-state index in [0.717, 1.165) is 36.6 Å². The topological polar surface area (TPSA) is 32.8 Å². The number of carbonyl (C=O) groups is 1. The largest absolute Gasteiger partial charge is 0.444 e. The van der Waals surface area contributed by atoms with Crippen molar-refractivity contribution in [3.8, 4) is 11.1 Å². The number of likely N-dealkylation sites (tertiary alicyclic amines) is 1. The number of amides is 1. The number of hydrogen-bond acceptors (Lipinski definition) is 3. The predicted octanol–water partition coefficient (Wildman–Crippen LogP) is 5.84. The van der Waals surface area contributed by atoms with E-state index in [2.05, 4.69) is 4.90 Å². The van der Waals surface area contributed by atoms with E-state index in [-0.39, 0.29) is 23.6 Å². The molecule has 0 radical (unpaired) electrons. The molecule has 5 rings (SSSR count). The smallest absolute Gasteiger partial charge is 0.417 e. The number of alkyl halides is 3. The van der Waals surface area contributed by atoms with Gasteiger partial charge >= 0.3 is 12.3 Å². The Balaban J connectivity index is 1.53. The molecule has 3 heterocycles. The van der Waals surface area contributed by atoms with Gasteiger partial charge in [-0.15, -0.1) is 0 Å². The summed E-state index contributed by atoms with van der Waals surface area (Å²) in [7, 11) is 0. The summed E-state index contributed by atoms with van der Waals surface area (Å²) in [5.74, 6) is 0.0725. The number of nitrogens with zero attached hydrogens (tertiary/aromatic N) is 2. The lowest BCUT2D eigenvalue weighted by Crippen LogP contribution is -2.49. The SMILES string of the molecule is CC(C)(C)OC(=O)N1CC[C@H]2[C@@H](C1)c1cc(-c3ccccc3C(F)(F)F)cc3c1N2CC3. The molecule has 0 saturated carbocycles. The van der Waals surface area contributed by atoms with E-state index in [0.29, 0.717) is 18.7 Å². The van der Waals surface area contributed by atoms with Crippen molar-refractivity contribution in [3.63, 3.8) is 0 Å². The molecule has 2 aromatic rings. The maximum Gasteiger partial charge on any atom is 0.417 e. The lowest BCUT2D eigenvalue weighted by atomic mass is 9.85. The van der Waals surface area contributed by atoms with Gasteiger partial charge < -0.3 is 14.5 Å². The maximum absolute atomic E-state index is 13.7. The molecule has 0 aliphatic carbocycles. The lowest BCUT2D eigenvalue weighted by Gasteiger charge is -2.38. The summed E-state index contributed by atoms with van der Waals surface area (Å²) < 4.78 is 46.6. The molecule has 2 atom stereocenters. The van der Waals surface area contributed by atoms with Gasteiger partial charge in [-0.3, -0.25) is 0 Å². The monoisotopic (exact) mass is 444 g/mol. The van der Waals surface area contributed by atoms with Crippen LogP contribution in [0.25, 0.3) is 11.1 Å². The third kappa shape index (κ3) is 3.51. The summed E-state index contributed by atoms with van der Waals surface area (Å²) in [5.41, 5.74) is 2.96. The van der Waals surface area contributed by atoms with Crippen molar-refractivity contribution in [1.29, 1.82) is 0 Å². The molecular formula is C25H27F3N2O2. The minimum atomic E-state index is -4.41. The van der Waals surface area contributed by atoms with Crippen LogP contribution in [0.2, 0.25) is 0 Å². The fourth-order valence-electron chi connectivity index (χ4n) is 5.48. The van der Waals surface area contributed by atoms with Gasteiger partial charge in [0.15, 0.2) is 0 Å². The Labute approximate surface area is 186 Å². The fourth-order valence-corrected chi connectivity index (χ4v) is 5.48. The van der Waals surface area contributed by atoms with Crippen LogP contribution in [-0.2, 0) is 17.3 Å². The number of anilines is 1. The summed E-state index contributed by atoms with van der Waals surface area (Å²) in [6.45, 7) is 7.56. The molecular weight excluding hydrogens is 417 g/mol. The lowest BCUT2D eigenvalue weighted by molar-refractivity contribution is -0.137. The third-order valence-electron chi connectivity index (χ3n) is 6.70. The van der Waals surface area contributed by atoms with Crippen molar-refractivity contribution in [1.82, 2.24) is 4.90 Å². The van der Waals surface area contributed by atoms with E-state index in [9.17, 15) is 18.0 Å². The van der Waals surface area contributed by atoms with Crippen molar-refractivity contribution in [2.45, 2.75) is 57.3 Å². The Bertz CT molecular complexity index is 1070. The minimum Gasteiger partial charge on any atom is -0.444 e. The Hall–Kier alpha value is -2.70. The number of piperidine rings is 1. The molecule has 1 saturated heterocycles. The van der Waals surface area contributed by atoms with Crippen LogP contribution in [0.15, 0.2) is 36.4 Å². The number of fused-ring (bicyclic) bond motifs is 3. The molecule has 1 fully saturated rings. The fraction of sp³-hybridized carbons (Fsp3) is 0.480. The second-order valence-electron chi connectivity index (χ2n) is 9.95. The van der Waals surface area contributed by atoms with Crippen molar-refractivity contribution in [3.05, 3.63) is 53.1 Å². The molecule has 4 nitrogen and oxygen atoms in total. The Morgan fingerprint density at radius 2 is 1.84 bits per heavy atom. The normalized spacial score (nSPS) is 22.1. The zero-order chi connectivity index (χ0) is 22.8. The molecule has 0 bridgehead atoms. The number of halogens is 3. The zero-order valence-corrected chi connectivity index (χ0v) is 18.5. The zero-order valence-electron chi connectivity index (χ0n) is 18.5. The second kappa shape index (κ2) is 7.15. The summed E-state index contributed by atoms with van der Waals surface area (Å²) >= 11 is 0. The van der Waals surface area contributed by atoms with Crippen molar-refractivity contribution in [2.75, 3.05) is 24.5 Å². The third-order valence-corrected chi connectivity index (χ3v) is 6.70. The Morgan fingerprint density at radius 1 is 1.09 bits per heavy atom. The van der Waals surface area contributed by atoms with Crippen LogP contribution >= 0.6 is 0 Å². The Morgan fingerprint density at radius 3 is 2.56 bits per heavy atom. The molecule has 2 aromatic carbocycles. The highest BCUT2D eigenvalue weighted by atomic mass is 19.4. The van der Waals surface area contributed by atoms with Crippen LogP contribution in [0.3, 0.4) is 0 Å². The molecule has 0 spiro atoms. The molecule has 1 amide bonds. The highest BCUT2D eigenvalue weighted by Crippen LogP contribution is 2.51. The van der Waals surface area contributed by atoms with E-state index in [1.165, 1.54) is 11.8 Å². The van der Waals surface area contributed by atoms with Gasteiger partial charge in [0.1, 0.15) is 5.60 Å². The summed E-state index contributed by atoms with van der Waals surface area (Å²) in [4.78, 5) is 16.8. The van der Waals surface area contributed by atoms with Gasteiger partial charge in [0.05, 0.1) is 5.56 Å². The highest BCUT2D eigenvalue weighted by Gasteiger charge is 2.46. The van der Waals surface area contributed by atoms with Crippen LogP contribution in [0, 0.1) is 0 Å². The van der Waals surface area contributed by atoms with E-state index in [1.54, 1.807) is 17.0 Å². The van der Waals surface area contributed by atoms with E-state index < -0.39 is 17.3 Å². The molecule has 3 aliphatic rings. The Kier molecular flexibility index (Phi) is 4.73. The van der Waals surface area contributed by atoms with E-state index in [1.807, 2.05) is 32.9 Å². The van der Waals surface area contributed by atoms with Crippen molar-refractivity contribution in [2.24, 2.45) is 0 Å². The molecule has 0 unspecified atom stereocenters. The first kappa shape index (κ1) is 21.2. The van der Waals surface area contributed by atoms with Crippen molar-refractivity contribution < 1.29 is 22.7 Å². The van der Waals surface area contributed by atoms with Crippen LogP contribution < -0.4 is 4.90 Å². The summed E-state index contributed by atoms with van der Waals surface area (Å²) in [6.07, 6.45) is -3.08. The summed E-state index contributed by atoms with van der Waals surface area (Å²) in [6, 6.07) is 9.88. The average Bonchev–Trinajstić information content (AvgIpc) is 3.28. The first-order valence-corrected chi connectivity index (χ1v) is 11.1. The van der Waals surface area contributed by atoms with Crippen LogP contribution in [0.4, 0.5) is 23.7 Å². The molecule has 7 heteroatoms. The minimum absolute atomic E-state index is 0.0725. The highest BCUT2D eigenvalue weighted by molar-refractivity contribution is 5.79. The second-order valence-corrected chi connectivity index (χ2v) is 9.95. The van der Waals surface area contributed by atoms with Crippen LogP contribution in [0.5, 0.6) is 0 Å². The predicted molar refractivity (Wildman–Crippen MR) is 117 cm³/mol. The van der Waals surface area contributed by atoms with Gasteiger partial charge in [0.25, 0.3) is 0 Å². The molecule has 0 aromatic heterocycles. The molecule has 0 N–H and O–H groups in total. The van der Waals surface area contributed by atoms with Gasteiger partial charge in [-0.25, -0.2) is 4.79 Å². The number of hydrogen-bond donors (Lipinski definition) is 0. The van der Waals surface area contributed by atoms with Gasteiger partial charge in [0.2, 0.25) is 0 Å². The van der Waals surface area contributed by atoms with E-state index >= 15 is 0 Å². The standard InChI is InChI=1S/C25H27F3N2O2/c1-24(2,3)32-23(31)29-10-9-21-19(14-29)18-13-16(12-15-8-11-30(21)22(15)18)17-6-4-5-7-20(17)25(26,27)28/h4-7,12-13,19,21H,8-11,14H2,1-3H3/t19-,21-/m0/s1. The first-order chi connectivity index (χ1) is 15.0. The number of benzene rings is 2. The van der Waals surface area contributed by atoms with Gasteiger partial charge in [-0.05, 0) is 74.1 Å². The maximum atomic E-state index is 13.7. The molecule has 3 aliphatic heterocycles.